The van der Waals surface area contributed by atoms with Crippen LogP contribution in [0, 0.1) is 17.7 Å². The maximum Gasteiger partial charge on any atom is 0.327 e. The Bertz CT molecular complexity index is 634. The number of amides is 3. The number of hydrogen-bond acceptors (Lipinski definition) is 3. The third-order valence-corrected chi connectivity index (χ3v) is 3.06. The van der Waals surface area contributed by atoms with Crippen molar-refractivity contribution in [1.29, 1.82) is 0 Å². The zero-order valence-electron chi connectivity index (χ0n) is 11.6. The summed E-state index contributed by atoms with van der Waals surface area (Å²) in [6, 6.07) is 3.93. The lowest BCUT2D eigenvalue weighted by atomic mass is 10.1. The fourth-order valence-corrected chi connectivity index (χ4v) is 1.99. The number of likely N-dealkylation sites (N-methyl/N-ethyl adjacent to an activating group) is 1. The van der Waals surface area contributed by atoms with E-state index in [9.17, 15) is 14.0 Å². The third kappa shape index (κ3) is 3.38. The number of benzene rings is 1. The molecule has 21 heavy (non-hydrogen) atoms. The molecular formula is C15H15FN2O3. The zero-order chi connectivity index (χ0) is 15.4. The van der Waals surface area contributed by atoms with Gasteiger partial charge in [0.1, 0.15) is 12.4 Å². The number of carbonyl (C=O) groups excluding carboxylic acids is 2. The van der Waals surface area contributed by atoms with Crippen LogP contribution in [0.15, 0.2) is 18.2 Å². The Labute approximate surface area is 122 Å². The summed E-state index contributed by atoms with van der Waals surface area (Å²) in [5.74, 6) is 4.52. The fourth-order valence-electron chi connectivity index (χ4n) is 1.99. The number of aliphatic hydroxyl groups excluding tert-OH is 1. The van der Waals surface area contributed by atoms with E-state index in [0.717, 1.165) is 4.90 Å². The average molecular weight is 290 g/mol. The minimum absolute atomic E-state index is 0.0587. The van der Waals surface area contributed by atoms with Crippen LogP contribution in [0.5, 0.6) is 0 Å². The van der Waals surface area contributed by atoms with Gasteiger partial charge in [-0.1, -0.05) is 17.9 Å². The first kappa shape index (κ1) is 15.0. The molecule has 1 saturated heterocycles. The molecule has 1 fully saturated rings. The molecule has 0 radical (unpaired) electrons. The minimum Gasteiger partial charge on any atom is -0.395 e. The fraction of sp³-hybridized carbons (Fsp3) is 0.333. The van der Waals surface area contributed by atoms with Crippen molar-refractivity contribution in [3.63, 3.8) is 0 Å². The van der Waals surface area contributed by atoms with Crippen molar-refractivity contribution in [2.24, 2.45) is 0 Å². The Morgan fingerprint density at radius 3 is 2.76 bits per heavy atom. The summed E-state index contributed by atoms with van der Waals surface area (Å²) in [6.45, 7) is 0.0670. The highest BCUT2D eigenvalue weighted by Crippen LogP contribution is 2.16. The number of urea groups is 1. The lowest BCUT2D eigenvalue weighted by Gasteiger charge is -2.14. The first-order valence-corrected chi connectivity index (χ1v) is 6.46. The highest BCUT2D eigenvalue weighted by molar-refractivity contribution is 6.01. The Kier molecular flexibility index (Phi) is 4.55. The van der Waals surface area contributed by atoms with Crippen LogP contribution < -0.4 is 0 Å². The number of rotatable bonds is 3. The molecule has 0 aliphatic carbocycles. The number of aliphatic hydroxyl groups is 1. The normalized spacial score (nSPS) is 14.4. The van der Waals surface area contributed by atoms with Crippen molar-refractivity contribution in [2.75, 3.05) is 20.2 Å². The SMILES string of the molecule is CN1CC(=O)N(Cc2ccc(F)c(C#CCCO)c2)C1=O. The number of nitrogens with zero attached hydrogens (tertiary/aromatic N) is 2. The molecule has 0 atom stereocenters. The van der Waals surface area contributed by atoms with Gasteiger partial charge in [-0.25, -0.2) is 9.18 Å². The van der Waals surface area contributed by atoms with Crippen LogP contribution in [0.1, 0.15) is 17.5 Å². The second-order valence-electron chi connectivity index (χ2n) is 4.71. The number of halogens is 1. The molecule has 3 amide bonds. The second kappa shape index (κ2) is 6.37. The van der Waals surface area contributed by atoms with Crippen LogP contribution in [-0.2, 0) is 11.3 Å². The lowest BCUT2D eigenvalue weighted by molar-refractivity contribution is -0.125. The highest BCUT2D eigenvalue weighted by Gasteiger charge is 2.33. The van der Waals surface area contributed by atoms with E-state index in [-0.39, 0.29) is 43.6 Å². The predicted octanol–water partition coefficient (Wildman–Crippen LogP) is 0.954. The smallest absolute Gasteiger partial charge is 0.327 e. The first-order chi connectivity index (χ1) is 10.0. The summed E-state index contributed by atoms with van der Waals surface area (Å²) >= 11 is 0. The maximum absolute atomic E-state index is 13.6. The van der Waals surface area contributed by atoms with E-state index in [4.69, 9.17) is 5.11 Å². The standard InChI is InChI=1S/C15H15FN2O3/c1-17-10-14(20)18(15(17)21)9-11-5-6-13(16)12(8-11)4-2-3-7-19/h5-6,8,19H,3,7,9-10H2,1H3. The third-order valence-electron chi connectivity index (χ3n) is 3.06. The topological polar surface area (TPSA) is 60.9 Å². The van der Waals surface area contributed by atoms with E-state index in [1.165, 1.54) is 23.1 Å². The lowest BCUT2D eigenvalue weighted by Crippen LogP contribution is -2.31. The number of imide groups is 1. The van der Waals surface area contributed by atoms with Gasteiger partial charge in [0.15, 0.2) is 0 Å². The Morgan fingerprint density at radius 1 is 1.38 bits per heavy atom. The maximum atomic E-state index is 13.6. The number of hydrogen-bond donors (Lipinski definition) is 1. The summed E-state index contributed by atoms with van der Waals surface area (Å²) in [7, 11) is 1.55. The molecule has 1 aliphatic rings. The number of carbonyl (C=O) groups is 2. The molecule has 5 nitrogen and oxygen atoms in total. The van der Waals surface area contributed by atoms with Gasteiger partial charge in [0.2, 0.25) is 0 Å². The molecule has 0 unspecified atom stereocenters. The van der Waals surface area contributed by atoms with Crippen LogP contribution in [-0.4, -0.2) is 47.0 Å². The van der Waals surface area contributed by atoms with E-state index in [1.54, 1.807) is 7.05 Å². The summed E-state index contributed by atoms with van der Waals surface area (Å²) in [5.41, 5.74) is 0.815. The molecule has 110 valence electrons. The van der Waals surface area contributed by atoms with Crippen molar-refractivity contribution in [1.82, 2.24) is 9.80 Å². The Morgan fingerprint density at radius 2 is 2.14 bits per heavy atom. The van der Waals surface area contributed by atoms with Crippen molar-refractivity contribution >= 4 is 11.9 Å². The highest BCUT2D eigenvalue weighted by atomic mass is 19.1. The van der Waals surface area contributed by atoms with Gasteiger partial charge in [0.25, 0.3) is 5.91 Å². The molecule has 0 bridgehead atoms. The largest absolute Gasteiger partial charge is 0.395 e. The molecule has 0 spiro atoms. The van der Waals surface area contributed by atoms with Gasteiger partial charge in [-0.2, -0.15) is 0 Å². The molecule has 0 saturated carbocycles. The molecule has 1 heterocycles. The molecule has 2 rings (SSSR count). The van der Waals surface area contributed by atoms with Gasteiger partial charge in [0, 0.05) is 13.5 Å². The van der Waals surface area contributed by atoms with Crippen molar-refractivity contribution < 1.29 is 19.1 Å². The first-order valence-electron chi connectivity index (χ1n) is 6.46. The molecular weight excluding hydrogens is 275 g/mol. The zero-order valence-corrected chi connectivity index (χ0v) is 11.6. The van der Waals surface area contributed by atoms with Crippen molar-refractivity contribution in [2.45, 2.75) is 13.0 Å². The van der Waals surface area contributed by atoms with E-state index < -0.39 is 5.82 Å². The van der Waals surface area contributed by atoms with Gasteiger partial charge in [-0.15, -0.1) is 0 Å². The molecule has 1 aliphatic heterocycles. The molecule has 0 aromatic heterocycles. The Balaban J connectivity index is 2.18. The van der Waals surface area contributed by atoms with Crippen LogP contribution in [0.2, 0.25) is 0 Å². The van der Waals surface area contributed by atoms with Gasteiger partial charge in [-0.3, -0.25) is 9.69 Å². The van der Waals surface area contributed by atoms with Crippen LogP contribution in [0.25, 0.3) is 0 Å². The van der Waals surface area contributed by atoms with E-state index in [2.05, 4.69) is 11.8 Å². The Hall–Kier alpha value is -2.39. The summed E-state index contributed by atoms with van der Waals surface area (Å²) in [4.78, 5) is 25.9. The van der Waals surface area contributed by atoms with Gasteiger partial charge < -0.3 is 10.0 Å². The van der Waals surface area contributed by atoms with Crippen LogP contribution in [0.4, 0.5) is 9.18 Å². The monoisotopic (exact) mass is 290 g/mol. The van der Waals surface area contributed by atoms with Crippen molar-refractivity contribution in [3.8, 4) is 11.8 Å². The molecule has 1 N–H and O–H groups in total. The molecule has 1 aromatic carbocycles. The molecule has 6 heteroatoms. The van der Waals surface area contributed by atoms with E-state index in [1.807, 2.05) is 0 Å². The minimum atomic E-state index is -0.472. The summed E-state index contributed by atoms with van der Waals surface area (Å²) < 4.78 is 13.6. The average Bonchev–Trinajstić information content (AvgIpc) is 2.69. The van der Waals surface area contributed by atoms with Crippen LogP contribution >= 0.6 is 0 Å². The van der Waals surface area contributed by atoms with Crippen molar-refractivity contribution in [3.05, 3.63) is 35.1 Å². The predicted molar refractivity (Wildman–Crippen MR) is 73.6 cm³/mol. The van der Waals surface area contributed by atoms with E-state index >= 15 is 0 Å². The van der Waals surface area contributed by atoms with Crippen LogP contribution in [0.3, 0.4) is 0 Å². The van der Waals surface area contributed by atoms with Gasteiger partial charge in [-0.05, 0) is 17.7 Å². The molecule has 1 aromatic rings. The van der Waals surface area contributed by atoms with Gasteiger partial charge in [0.05, 0.1) is 18.7 Å². The van der Waals surface area contributed by atoms with E-state index in [0.29, 0.717) is 5.56 Å². The summed E-state index contributed by atoms with van der Waals surface area (Å²) in [6.07, 6.45) is 0.261. The second-order valence-corrected chi connectivity index (χ2v) is 4.71. The quantitative estimate of drug-likeness (QED) is 0.666. The summed E-state index contributed by atoms with van der Waals surface area (Å²) in [5, 5.41) is 8.66. The van der Waals surface area contributed by atoms with Gasteiger partial charge >= 0.3 is 6.03 Å².